The van der Waals surface area contributed by atoms with Crippen LogP contribution in [0.3, 0.4) is 0 Å². The number of aromatic nitrogens is 1. The number of nitrogens with zero attached hydrogens (tertiary/aromatic N) is 1. The second kappa shape index (κ2) is 7.25. The maximum Gasteiger partial charge on any atom is 0.214 e. The molecule has 1 heterocycles. The molecule has 0 amide bonds. The predicted molar refractivity (Wildman–Crippen MR) is 96.2 cm³/mol. The highest BCUT2D eigenvalue weighted by atomic mass is 16.6. The minimum absolute atomic E-state index is 0.195. The maximum atomic E-state index is 11.3. The highest BCUT2D eigenvalue weighted by molar-refractivity contribution is 5.84. The number of rotatable bonds is 7. The van der Waals surface area contributed by atoms with Gasteiger partial charge >= 0.3 is 0 Å². The van der Waals surface area contributed by atoms with Crippen molar-refractivity contribution in [3.05, 3.63) is 69.9 Å². The molecule has 0 fully saturated rings. The molecule has 1 N–H and O–H groups in total. The fourth-order valence-corrected chi connectivity index (χ4v) is 3.09. The fraction of sp³-hybridized carbons (Fsp3) is 0.263. The quantitative estimate of drug-likeness (QED) is 0.521. The summed E-state index contributed by atoms with van der Waals surface area (Å²) < 4.78 is 10.9. The standard InChI is InChI=1S/C19H20N2O4/c1-3-25-18-9-8-13(10-19(18)24-2)16(12-21(22)23)15-11-20-17-7-5-4-6-14(15)17/h4-11,16,20H,3,12H2,1-2H3/t16-/m0/s1. The molecular weight excluding hydrogens is 320 g/mol. The smallest absolute Gasteiger partial charge is 0.214 e. The lowest BCUT2D eigenvalue weighted by Crippen LogP contribution is -2.14. The number of para-hydroxylation sites is 1. The molecule has 0 bridgehead atoms. The van der Waals surface area contributed by atoms with Crippen LogP contribution in [0.1, 0.15) is 24.0 Å². The van der Waals surface area contributed by atoms with Gasteiger partial charge in [0.05, 0.1) is 19.6 Å². The van der Waals surface area contributed by atoms with Gasteiger partial charge in [0.25, 0.3) is 0 Å². The Morgan fingerprint density at radius 1 is 1.20 bits per heavy atom. The monoisotopic (exact) mass is 340 g/mol. The van der Waals surface area contributed by atoms with E-state index in [1.54, 1.807) is 13.2 Å². The van der Waals surface area contributed by atoms with Gasteiger partial charge in [0, 0.05) is 22.0 Å². The number of ether oxygens (including phenoxy) is 2. The first kappa shape index (κ1) is 16.8. The first-order chi connectivity index (χ1) is 12.1. The average molecular weight is 340 g/mol. The molecule has 3 rings (SSSR count). The third-order valence-electron chi connectivity index (χ3n) is 4.22. The molecule has 1 atom stereocenters. The minimum atomic E-state index is -0.379. The van der Waals surface area contributed by atoms with Gasteiger partial charge in [-0.15, -0.1) is 0 Å². The topological polar surface area (TPSA) is 77.4 Å². The van der Waals surface area contributed by atoms with E-state index in [-0.39, 0.29) is 17.4 Å². The Balaban J connectivity index is 2.08. The van der Waals surface area contributed by atoms with Gasteiger partial charge in [-0.2, -0.15) is 0 Å². The van der Waals surface area contributed by atoms with Gasteiger partial charge in [-0.05, 0) is 36.2 Å². The summed E-state index contributed by atoms with van der Waals surface area (Å²) in [6, 6.07) is 13.3. The van der Waals surface area contributed by atoms with Crippen LogP contribution < -0.4 is 9.47 Å². The Morgan fingerprint density at radius 3 is 2.72 bits per heavy atom. The van der Waals surface area contributed by atoms with E-state index < -0.39 is 0 Å². The summed E-state index contributed by atoms with van der Waals surface area (Å²) in [4.78, 5) is 14.2. The zero-order valence-corrected chi connectivity index (χ0v) is 14.2. The van der Waals surface area contributed by atoms with Crippen molar-refractivity contribution in [2.45, 2.75) is 12.8 Å². The van der Waals surface area contributed by atoms with Crippen LogP contribution in [0.25, 0.3) is 10.9 Å². The van der Waals surface area contributed by atoms with Crippen LogP contribution in [0.5, 0.6) is 11.5 Å². The molecule has 0 saturated carbocycles. The van der Waals surface area contributed by atoms with Crippen molar-refractivity contribution < 1.29 is 14.4 Å². The van der Waals surface area contributed by atoms with Crippen LogP contribution >= 0.6 is 0 Å². The van der Waals surface area contributed by atoms with Gasteiger partial charge in [-0.1, -0.05) is 24.3 Å². The number of methoxy groups -OCH3 is 1. The van der Waals surface area contributed by atoms with Crippen LogP contribution in [0.2, 0.25) is 0 Å². The number of hydrogen-bond donors (Lipinski definition) is 1. The predicted octanol–water partition coefficient (Wildman–Crippen LogP) is 3.98. The molecule has 0 aliphatic rings. The Labute approximate surface area is 145 Å². The van der Waals surface area contributed by atoms with E-state index in [0.29, 0.717) is 18.1 Å². The van der Waals surface area contributed by atoms with Crippen LogP contribution in [0.4, 0.5) is 0 Å². The summed E-state index contributed by atoms with van der Waals surface area (Å²) in [5, 5.41) is 12.3. The van der Waals surface area contributed by atoms with E-state index in [4.69, 9.17) is 9.47 Å². The van der Waals surface area contributed by atoms with Gasteiger partial charge < -0.3 is 14.5 Å². The Hall–Kier alpha value is -3.02. The molecule has 1 aromatic heterocycles. The molecule has 2 aromatic carbocycles. The molecule has 25 heavy (non-hydrogen) atoms. The van der Waals surface area contributed by atoms with Gasteiger partial charge in [0.2, 0.25) is 6.54 Å². The number of nitrogens with one attached hydrogen (secondary N) is 1. The molecule has 0 radical (unpaired) electrons. The molecule has 6 nitrogen and oxygen atoms in total. The van der Waals surface area contributed by atoms with Gasteiger partial charge in [0.1, 0.15) is 0 Å². The summed E-state index contributed by atoms with van der Waals surface area (Å²) in [6.07, 6.45) is 1.85. The Morgan fingerprint density at radius 2 is 2.00 bits per heavy atom. The lowest BCUT2D eigenvalue weighted by atomic mass is 9.90. The Kier molecular flexibility index (Phi) is 4.88. The summed E-state index contributed by atoms with van der Waals surface area (Å²) in [6.45, 7) is 2.23. The lowest BCUT2D eigenvalue weighted by Gasteiger charge is -2.16. The number of hydrogen-bond acceptors (Lipinski definition) is 4. The second-order valence-corrected chi connectivity index (χ2v) is 5.70. The van der Waals surface area contributed by atoms with Crippen molar-refractivity contribution in [2.75, 3.05) is 20.3 Å². The van der Waals surface area contributed by atoms with Crippen molar-refractivity contribution in [1.82, 2.24) is 4.98 Å². The highest BCUT2D eigenvalue weighted by Gasteiger charge is 2.24. The minimum Gasteiger partial charge on any atom is -0.493 e. The van der Waals surface area contributed by atoms with E-state index in [9.17, 15) is 10.1 Å². The zero-order chi connectivity index (χ0) is 17.8. The van der Waals surface area contributed by atoms with Crippen LogP contribution in [0.15, 0.2) is 48.7 Å². The summed E-state index contributed by atoms with van der Waals surface area (Å²) in [7, 11) is 1.57. The van der Waals surface area contributed by atoms with Crippen molar-refractivity contribution in [1.29, 1.82) is 0 Å². The van der Waals surface area contributed by atoms with E-state index in [1.165, 1.54) is 0 Å². The van der Waals surface area contributed by atoms with Crippen molar-refractivity contribution in [3.8, 4) is 11.5 Å². The number of H-pyrrole nitrogens is 1. The SMILES string of the molecule is CCOc1ccc([C@H](C[N+](=O)[O-])c2c[nH]c3ccccc23)cc1OC. The summed E-state index contributed by atoms with van der Waals surface area (Å²) in [5.74, 6) is 0.829. The fourth-order valence-electron chi connectivity index (χ4n) is 3.09. The summed E-state index contributed by atoms with van der Waals surface area (Å²) >= 11 is 0. The first-order valence-electron chi connectivity index (χ1n) is 8.12. The zero-order valence-electron chi connectivity index (χ0n) is 14.2. The van der Waals surface area contributed by atoms with Crippen LogP contribution in [-0.4, -0.2) is 30.2 Å². The molecule has 0 spiro atoms. The maximum absolute atomic E-state index is 11.3. The average Bonchev–Trinajstić information content (AvgIpc) is 3.04. The van der Waals surface area contributed by atoms with E-state index in [0.717, 1.165) is 22.0 Å². The van der Waals surface area contributed by atoms with E-state index in [1.807, 2.05) is 49.5 Å². The normalized spacial score (nSPS) is 12.1. The van der Waals surface area contributed by atoms with E-state index in [2.05, 4.69) is 4.98 Å². The first-order valence-corrected chi connectivity index (χ1v) is 8.12. The van der Waals surface area contributed by atoms with Gasteiger partial charge in [-0.3, -0.25) is 10.1 Å². The molecule has 3 aromatic rings. The number of aromatic amines is 1. The van der Waals surface area contributed by atoms with Crippen LogP contribution in [0, 0.1) is 10.1 Å². The summed E-state index contributed by atoms with van der Waals surface area (Å²) in [5.41, 5.74) is 2.68. The van der Waals surface area contributed by atoms with Gasteiger partial charge in [-0.25, -0.2) is 0 Å². The van der Waals surface area contributed by atoms with Crippen LogP contribution in [-0.2, 0) is 0 Å². The van der Waals surface area contributed by atoms with Crippen molar-refractivity contribution >= 4 is 10.9 Å². The molecule has 6 heteroatoms. The van der Waals surface area contributed by atoms with Crippen molar-refractivity contribution in [2.24, 2.45) is 0 Å². The van der Waals surface area contributed by atoms with Gasteiger partial charge in [0.15, 0.2) is 11.5 Å². The number of nitro groups is 1. The molecule has 0 aliphatic carbocycles. The molecule has 0 unspecified atom stereocenters. The third kappa shape index (κ3) is 3.42. The lowest BCUT2D eigenvalue weighted by molar-refractivity contribution is -0.481. The third-order valence-corrected chi connectivity index (χ3v) is 4.22. The molecular formula is C19H20N2O4. The van der Waals surface area contributed by atoms with E-state index >= 15 is 0 Å². The largest absolute Gasteiger partial charge is 0.493 e. The highest BCUT2D eigenvalue weighted by Crippen LogP contribution is 2.36. The molecule has 0 saturated heterocycles. The number of benzene rings is 2. The van der Waals surface area contributed by atoms with Crippen molar-refractivity contribution in [3.63, 3.8) is 0 Å². The number of fused-ring (bicyclic) bond motifs is 1. The Bertz CT molecular complexity index is 888. The second-order valence-electron chi connectivity index (χ2n) is 5.70. The molecule has 130 valence electrons. The molecule has 0 aliphatic heterocycles.